The Balaban J connectivity index is 1.96. The fraction of sp³-hybridized carbons (Fsp3) is 0.423. The number of allylic oxidation sites excluding steroid dienone is 1. The van der Waals surface area contributed by atoms with E-state index < -0.39 is 0 Å². The average Bonchev–Trinajstić information content (AvgIpc) is 2.81. The quantitative estimate of drug-likeness (QED) is 0.350. The number of hydrogen-bond acceptors (Lipinski definition) is 5. The lowest BCUT2D eigenvalue weighted by molar-refractivity contribution is -0.165. The number of benzene rings is 2. The van der Waals surface area contributed by atoms with Crippen LogP contribution in [0, 0.1) is 17.1 Å². The maximum Gasteiger partial charge on any atom is 0.169 e. The summed E-state index contributed by atoms with van der Waals surface area (Å²) in [5.74, 6) is 0.957. The lowest BCUT2D eigenvalue weighted by Crippen LogP contribution is -2.24. The van der Waals surface area contributed by atoms with E-state index in [0.29, 0.717) is 24.7 Å². The minimum Gasteiger partial charge on any atom is -0.492 e. The Morgan fingerprint density at radius 3 is 2.62 bits per heavy atom. The molecule has 1 heterocycles. The van der Waals surface area contributed by atoms with Crippen LogP contribution >= 0.6 is 0 Å². The lowest BCUT2D eigenvalue weighted by atomic mass is 9.88. The topological polar surface area (TPSA) is 60.7 Å². The van der Waals surface area contributed by atoms with Crippen LogP contribution in [-0.4, -0.2) is 33.2 Å². The molecule has 5 nitrogen and oxygen atoms in total. The van der Waals surface area contributed by atoms with Gasteiger partial charge in [0, 0.05) is 18.2 Å². The van der Waals surface area contributed by atoms with Crippen LogP contribution in [0.2, 0.25) is 0 Å². The van der Waals surface area contributed by atoms with Crippen molar-refractivity contribution in [1.29, 1.82) is 5.26 Å². The van der Waals surface area contributed by atoms with Crippen LogP contribution in [-0.2, 0) is 9.47 Å². The highest BCUT2D eigenvalue weighted by Gasteiger charge is 2.22. The summed E-state index contributed by atoms with van der Waals surface area (Å²) in [6.07, 6.45) is 6.11. The van der Waals surface area contributed by atoms with Crippen LogP contribution in [0.1, 0.15) is 50.2 Å². The summed E-state index contributed by atoms with van der Waals surface area (Å²) in [6.45, 7) is 5.62. The summed E-state index contributed by atoms with van der Waals surface area (Å²) < 4.78 is 36.8. The van der Waals surface area contributed by atoms with Crippen LogP contribution in [0.15, 0.2) is 36.4 Å². The third-order valence-electron chi connectivity index (χ3n) is 5.38. The van der Waals surface area contributed by atoms with E-state index in [-0.39, 0.29) is 18.0 Å². The van der Waals surface area contributed by atoms with Gasteiger partial charge in [-0.05, 0) is 66.1 Å². The molecule has 0 aliphatic carbocycles. The summed E-state index contributed by atoms with van der Waals surface area (Å²) in [7, 11) is 1.58. The molecular weight excluding hydrogens is 409 g/mol. The van der Waals surface area contributed by atoms with E-state index in [2.05, 4.69) is 19.9 Å². The van der Waals surface area contributed by atoms with Crippen LogP contribution in [0.25, 0.3) is 17.2 Å². The van der Waals surface area contributed by atoms with Gasteiger partial charge < -0.3 is 18.9 Å². The van der Waals surface area contributed by atoms with Crippen molar-refractivity contribution in [2.75, 3.05) is 26.9 Å². The van der Waals surface area contributed by atoms with Gasteiger partial charge in [-0.15, -0.1) is 0 Å². The maximum atomic E-state index is 13.6. The maximum absolute atomic E-state index is 13.6. The van der Waals surface area contributed by atoms with Crippen LogP contribution in [0.5, 0.6) is 11.5 Å². The number of rotatable bonds is 9. The number of halogens is 1. The van der Waals surface area contributed by atoms with Crippen LogP contribution in [0.3, 0.4) is 0 Å². The van der Waals surface area contributed by atoms with Gasteiger partial charge in [0.05, 0.1) is 19.8 Å². The highest BCUT2D eigenvalue weighted by Crippen LogP contribution is 2.45. The molecule has 0 aromatic heterocycles. The second-order valence-corrected chi connectivity index (χ2v) is 7.93. The van der Waals surface area contributed by atoms with E-state index >= 15 is 0 Å². The molecule has 0 amide bonds. The number of hydrogen-bond donors (Lipinski definition) is 0. The van der Waals surface area contributed by atoms with E-state index in [0.717, 1.165) is 48.1 Å². The number of nitriles is 1. The molecular formula is C26H30FNO4. The molecule has 1 aliphatic rings. The number of ether oxygens (including phenoxy) is 4. The van der Waals surface area contributed by atoms with E-state index in [1.54, 1.807) is 25.3 Å². The molecule has 0 spiro atoms. The molecule has 1 atom stereocenters. The highest BCUT2D eigenvalue weighted by molar-refractivity contribution is 5.85. The molecule has 0 saturated carbocycles. The number of methoxy groups -OCH3 is 1. The van der Waals surface area contributed by atoms with Gasteiger partial charge in [-0.2, -0.15) is 5.26 Å². The van der Waals surface area contributed by atoms with Crippen molar-refractivity contribution < 1.29 is 23.3 Å². The normalized spacial score (nSPS) is 16.3. The predicted octanol–water partition coefficient (Wildman–Crippen LogP) is 6.08. The standard InChI is InChI=1S/C26H30FNO4/c1-18(2)22-17-23(30-15-16-32-24-8-4-5-14-31-24)26(29-3)25(21(22)7-6-13-28)19-9-11-20(27)12-10-19/h6-7,9-12,17-18,24H,4-5,8,14-16H2,1-3H3. The first-order chi connectivity index (χ1) is 15.5. The molecule has 6 heteroatoms. The zero-order chi connectivity index (χ0) is 22.9. The van der Waals surface area contributed by atoms with E-state index in [1.165, 1.54) is 18.2 Å². The van der Waals surface area contributed by atoms with Crippen molar-refractivity contribution in [2.45, 2.75) is 45.3 Å². The highest BCUT2D eigenvalue weighted by atomic mass is 19.1. The van der Waals surface area contributed by atoms with Crippen molar-refractivity contribution in [2.24, 2.45) is 0 Å². The van der Waals surface area contributed by atoms with Gasteiger partial charge in [-0.25, -0.2) is 4.39 Å². The Kier molecular flexibility index (Phi) is 8.66. The number of nitrogens with zero attached hydrogens (tertiary/aromatic N) is 1. The fourth-order valence-corrected chi connectivity index (χ4v) is 3.84. The van der Waals surface area contributed by atoms with Crippen molar-refractivity contribution in [3.8, 4) is 28.7 Å². The first kappa shape index (κ1) is 23.8. The van der Waals surface area contributed by atoms with Gasteiger partial charge in [-0.3, -0.25) is 0 Å². The van der Waals surface area contributed by atoms with Gasteiger partial charge >= 0.3 is 0 Å². The molecule has 1 saturated heterocycles. The molecule has 1 aliphatic heterocycles. The Bertz CT molecular complexity index is 957. The Morgan fingerprint density at radius 1 is 1.22 bits per heavy atom. The summed E-state index contributed by atoms with van der Waals surface area (Å²) in [5.41, 5.74) is 3.39. The monoisotopic (exact) mass is 439 g/mol. The summed E-state index contributed by atoms with van der Waals surface area (Å²) in [4.78, 5) is 0. The predicted molar refractivity (Wildman–Crippen MR) is 122 cm³/mol. The minimum atomic E-state index is -0.319. The Labute approximate surface area is 189 Å². The van der Waals surface area contributed by atoms with Crippen molar-refractivity contribution >= 4 is 6.08 Å². The first-order valence-electron chi connectivity index (χ1n) is 11.0. The largest absolute Gasteiger partial charge is 0.492 e. The smallest absolute Gasteiger partial charge is 0.169 e. The van der Waals surface area contributed by atoms with Crippen molar-refractivity contribution in [3.63, 3.8) is 0 Å². The molecule has 170 valence electrons. The zero-order valence-corrected chi connectivity index (χ0v) is 18.9. The second-order valence-electron chi connectivity index (χ2n) is 7.93. The molecule has 32 heavy (non-hydrogen) atoms. The third-order valence-corrected chi connectivity index (χ3v) is 5.38. The molecule has 2 aromatic carbocycles. The van der Waals surface area contributed by atoms with Gasteiger partial charge in [0.15, 0.2) is 17.8 Å². The van der Waals surface area contributed by atoms with E-state index in [4.69, 9.17) is 24.2 Å². The minimum absolute atomic E-state index is 0.160. The summed E-state index contributed by atoms with van der Waals surface area (Å²) in [5, 5.41) is 9.12. The lowest BCUT2D eigenvalue weighted by Gasteiger charge is -2.24. The first-order valence-corrected chi connectivity index (χ1v) is 11.0. The SMILES string of the molecule is COc1c(OCCOC2CCCCO2)cc(C(C)C)c(C=CC#N)c1-c1ccc(F)cc1. The van der Waals surface area contributed by atoms with Gasteiger partial charge in [0.25, 0.3) is 0 Å². The third kappa shape index (κ3) is 5.87. The van der Waals surface area contributed by atoms with E-state index in [9.17, 15) is 4.39 Å². The van der Waals surface area contributed by atoms with Gasteiger partial charge in [-0.1, -0.05) is 26.0 Å². The molecule has 1 unspecified atom stereocenters. The fourth-order valence-electron chi connectivity index (χ4n) is 3.84. The van der Waals surface area contributed by atoms with Crippen molar-refractivity contribution in [1.82, 2.24) is 0 Å². The molecule has 0 N–H and O–H groups in total. The second kappa shape index (κ2) is 11.7. The summed E-state index contributed by atoms with van der Waals surface area (Å²) >= 11 is 0. The van der Waals surface area contributed by atoms with E-state index in [1.807, 2.05) is 6.07 Å². The van der Waals surface area contributed by atoms with Crippen LogP contribution in [0.4, 0.5) is 4.39 Å². The molecule has 0 bridgehead atoms. The van der Waals surface area contributed by atoms with Crippen molar-refractivity contribution in [3.05, 3.63) is 53.4 Å². The van der Waals surface area contributed by atoms with Crippen LogP contribution < -0.4 is 9.47 Å². The molecule has 1 fully saturated rings. The molecule has 0 radical (unpaired) electrons. The average molecular weight is 440 g/mol. The summed E-state index contributed by atoms with van der Waals surface area (Å²) in [6, 6.07) is 10.2. The Morgan fingerprint density at radius 2 is 2.00 bits per heavy atom. The van der Waals surface area contributed by atoms with Gasteiger partial charge in [0.1, 0.15) is 12.4 Å². The molecule has 2 aromatic rings. The Hall–Kier alpha value is -2.88. The zero-order valence-electron chi connectivity index (χ0n) is 18.9. The molecule has 3 rings (SSSR count). The van der Waals surface area contributed by atoms with Gasteiger partial charge in [0.2, 0.25) is 0 Å².